The molecule has 1 aromatic heterocycles. The van der Waals surface area contributed by atoms with Crippen LogP contribution in [0.3, 0.4) is 0 Å². The highest BCUT2D eigenvalue weighted by molar-refractivity contribution is 6.07. The lowest BCUT2D eigenvalue weighted by atomic mass is 10.1. The number of nitrogens with two attached hydrogens (primary N) is 1. The molecule has 2 aromatic rings. The summed E-state index contributed by atoms with van der Waals surface area (Å²) in [5.74, 6) is 0.278. The lowest BCUT2D eigenvalue weighted by Gasteiger charge is -2.35. The number of nitrogens with one attached hydrogen (secondary N) is 1. The number of hydrogen-bond donors (Lipinski definition) is 2. The lowest BCUT2D eigenvalue weighted by molar-refractivity contribution is -0.128. The predicted octanol–water partition coefficient (Wildman–Crippen LogP) is 1.80. The molecule has 124 valence electrons. The van der Waals surface area contributed by atoms with E-state index in [-0.39, 0.29) is 23.5 Å². The van der Waals surface area contributed by atoms with Crippen molar-refractivity contribution in [3.8, 4) is 5.75 Å². The molecule has 1 aliphatic heterocycles. The molecular weight excluding hydrogens is 308 g/mol. The number of ether oxygens (including phenoxy) is 1. The predicted molar refractivity (Wildman–Crippen MR) is 90.8 cm³/mol. The van der Waals surface area contributed by atoms with Gasteiger partial charge in [0.05, 0.1) is 0 Å². The first-order valence-electron chi connectivity index (χ1n) is 7.59. The fourth-order valence-electron chi connectivity index (χ4n) is 2.52. The maximum Gasteiger partial charge on any atom is 0.269 e. The molecule has 0 aliphatic carbocycles. The molecule has 1 aliphatic rings. The first-order chi connectivity index (χ1) is 11.5. The van der Waals surface area contributed by atoms with Crippen molar-refractivity contribution in [3.05, 3.63) is 42.5 Å². The van der Waals surface area contributed by atoms with Crippen molar-refractivity contribution >= 4 is 29.1 Å². The van der Waals surface area contributed by atoms with E-state index >= 15 is 0 Å². The van der Waals surface area contributed by atoms with E-state index in [0.717, 1.165) is 0 Å². The number of rotatable bonds is 3. The fourth-order valence-corrected chi connectivity index (χ4v) is 2.52. The van der Waals surface area contributed by atoms with Crippen molar-refractivity contribution < 1.29 is 14.3 Å². The van der Waals surface area contributed by atoms with Gasteiger partial charge in [-0.1, -0.05) is 18.2 Å². The number of para-hydroxylation sites is 1. The van der Waals surface area contributed by atoms with Crippen LogP contribution in [0.2, 0.25) is 0 Å². The van der Waals surface area contributed by atoms with Crippen LogP contribution in [0.25, 0.3) is 0 Å². The molecule has 0 radical (unpaired) electrons. The van der Waals surface area contributed by atoms with Gasteiger partial charge < -0.3 is 15.8 Å². The van der Waals surface area contributed by atoms with Gasteiger partial charge in [-0.2, -0.15) is 0 Å². The minimum absolute atomic E-state index is 0.250. The molecule has 2 amide bonds. The fraction of sp³-hybridized carbons (Fsp3) is 0.235. The Kier molecular flexibility index (Phi) is 4.07. The Balaban J connectivity index is 1.90. The first-order valence-corrected chi connectivity index (χ1v) is 7.59. The van der Waals surface area contributed by atoms with E-state index in [1.54, 1.807) is 38.1 Å². The number of benzene rings is 1. The number of carbonyl (C=O) groups is 2. The van der Waals surface area contributed by atoms with Gasteiger partial charge in [0.25, 0.3) is 5.91 Å². The average molecular weight is 326 g/mol. The molecule has 0 spiro atoms. The number of pyridine rings is 1. The summed E-state index contributed by atoms with van der Waals surface area (Å²) < 4.78 is 5.54. The molecule has 3 rings (SSSR count). The lowest BCUT2D eigenvalue weighted by Crippen LogP contribution is -2.53. The molecule has 7 heteroatoms. The van der Waals surface area contributed by atoms with Crippen LogP contribution in [0, 0.1) is 0 Å². The molecule has 0 fully saturated rings. The van der Waals surface area contributed by atoms with E-state index in [9.17, 15) is 9.59 Å². The smallest absolute Gasteiger partial charge is 0.269 e. The molecule has 0 saturated heterocycles. The van der Waals surface area contributed by atoms with Gasteiger partial charge in [0, 0.05) is 5.69 Å². The van der Waals surface area contributed by atoms with Crippen LogP contribution in [-0.2, 0) is 9.59 Å². The van der Waals surface area contributed by atoms with Crippen molar-refractivity contribution in [1.82, 2.24) is 4.98 Å². The Morgan fingerprint density at radius 1 is 1.29 bits per heavy atom. The zero-order chi connectivity index (χ0) is 17.3. The summed E-state index contributed by atoms with van der Waals surface area (Å²) in [6, 6.07) is 11.5. The Morgan fingerprint density at radius 3 is 2.71 bits per heavy atom. The molecule has 0 bridgehead atoms. The second-order valence-electron chi connectivity index (χ2n) is 5.56. The summed E-state index contributed by atoms with van der Waals surface area (Å²) in [6.07, 6.45) is -0.699. The molecule has 1 aromatic carbocycles. The van der Waals surface area contributed by atoms with Gasteiger partial charge in [-0.25, -0.2) is 4.98 Å². The van der Waals surface area contributed by atoms with E-state index in [0.29, 0.717) is 11.4 Å². The number of carbonyl (C=O) groups excluding carboxylic acids is 2. The summed E-state index contributed by atoms with van der Waals surface area (Å²) >= 11 is 0. The number of nitrogens with zero attached hydrogens (tertiary/aromatic N) is 2. The highest BCUT2D eigenvalue weighted by Gasteiger charge is 2.38. The van der Waals surface area contributed by atoms with Gasteiger partial charge in [-0.15, -0.1) is 0 Å². The van der Waals surface area contributed by atoms with Gasteiger partial charge in [0.15, 0.2) is 17.7 Å². The van der Waals surface area contributed by atoms with Crippen molar-refractivity contribution in [2.45, 2.75) is 26.0 Å². The number of fused-ring (bicyclic) bond motifs is 1. The highest BCUT2D eigenvalue weighted by Crippen LogP contribution is 2.34. The Bertz CT molecular complexity index is 779. The van der Waals surface area contributed by atoms with Crippen LogP contribution in [-0.4, -0.2) is 28.9 Å². The van der Waals surface area contributed by atoms with E-state index < -0.39 is 12.1 Å². The van der Waals surface area contributed by atoms with Gasteiger partial charge in [0.1, 0.15) is 11.9 Å². The van der Waals surface area contributed by atoms with Crippen molar-refractivity contribution in [1.29, 1.82) is 0 Å². The summed E-state index contributed by atoms with van der Waals surface area (Å²) in [6.45, 7) is 3.28. The number of hydrogen-bond acceptors (Lipinski definition) is 5. The molecule has 7 nitrogen and oxygen atoms in total. The van der Waals surface area contributed by atoms with Gasteiger partial charge in [0.2, 0.25) is 5.91 Å². The largest absolute Gasteiger partial charge is 0.477 e. The minimum Gasteiger partial charge on any atom is -0.477 e. The van der Waals surface area contributed by atoms with Crippen molar-refractivity contribution in [2.24, 2.45) is 0 Å². The topological polar surface area (TPSA) is 97.6 Å². The molecule has 3 N–H and O–H groups in total. The minimum atomic E-state index is -0.767. The zero-order valence-corrected chi connectivity index (χ0v) is 13.4. The van der Waals surface area contributed by atoms with Crippen molar-refractivity contribution in [2.75, 3.05) is 16.0 Å². The van der Waals surface area contributed by atoms with E-state index in [2.05, 4.69) is 10.3 Å². The van der Waals surface area contributed by atoms with Gasteiger partial charge in [-0.3, -0.25) is 14.5 Å². The first kappa shape index (κ1) is 15.8. The van der Waals surface area contributed by atoms with Crippen LogP contribution < -0.4 is 20.7 Å². The number of aromatic nitrogens is 1. The molecule has 0 saturated carbocycles. The third-order valence-corrected chi connectivity index (χ3v) is 3.79. The highest BCUT2D eigenvalue weighted by atomic mass is 16.5. The Morgan fingerprint density at radius 2 is 2.00 bits per heavy atom. The maximum atomic E-state index is 12.6. The second kappa shape index (κ2) is 6.19. The second-order valence-corrected chi connectivity index (χ2v) is 5.56. The van der Waals surface area contributed by atoms with Crippen LogP contribution in [0.5, 0.6) is 5.75 Å². The van der Waals surface area contributed by atoms with Crippen LogP contribution in [0.15, 0.2) is 42.5 Å². The molecule has 2 atom stereocenters. The zero-order valence-electron chi connectivity index (χ0n) is 13.4. The average Bonchev–Trinajstić information content (AvgIpc) is 2.57. The summed E-state index contributed by atoms with van der Waals surface area (Å²) in [7, 11) is 0. The van der Waals surface area contributed by atoms with E-state index in [1.807, 2.05) is 18.2 Å². The quantitative estimate of drug-likeness (QED) is 0.896. The van der Waals surface area contributed by atoms with Crippen LogP contribution in [0.1, 0.15) is 13.8 Å². The number of nitrogen functional groups attached to an aromatic ring is 1. The van der Waals surface area contributed by atoms with Crippen LogP contribution >= 0.6 is 0 Å². The monoisotopic (exact) mass is 326 g/mol. The SMILES string of the molecule is CC1Oc2ccc(N)nc2N(C(C)C(=O)Nc2ccccc2)C1=O. The van der Waals surface area contributed by atoms with E-state index in [4.69, 9.17) is 10.5 Å². The third-order valence-electron chi connectivity index (χ3n) is 3.79. The molecule has 2 heterocycles. The number of amides is 2. The Hall–Kier alpha value is -3.09. The van der Waals surface area contributed by atoms with Crippen LogP contribution in [0.4, 0.5) is 17.3 Å². The number of anilines is 3. The molecular formula is C17H18N4O3. The maximum absolute atomic E-state index is 12.6. The standard InChI is InChI=1S/C17H18N4O3/c1-10(16(22)19-12-6-4-3-5-7-12)21-15-13(8-9-14(18)20-15)24-11(2)17(21)23/h3-11H,1-2H3,(H2,18,20)(H,19,22). The van der Waals surface area contributed by atoms with E-state index in [1.165, 1.54) is 4.90 Å². The molecule has 2 unspecified atom stereocenters. The van der Waals surface area contributed by atoms with Gasteiger partial charge in [-0.05, 0) is 38.1 Å². The summed E-state index contributed by atoms with van der Waals surface area (Å²) in [4.78, 5) is 30.6. The third kappa shape index (κ3) is 2.88. The summed E-state index contributed by atoms with van der Waals surface area (Å²) in [5.41, 5.74) is 6.38. The summed E-state index contributed by atoms with van der Waals surface area (Å²) in [5, 5.41) is 2.79. The van der Waals surface area contributed by atoms with Crippen molar-refractivity contribution in [3.63, 3.8) is 0 Å². The molecule has 24 heavy (non-hydrogen) atoms. The Labute approximate surface area is 139 Å². The normalized spacial score (nSPS) is 17.7. The van der Waals surface area contributed by atoms with Gasteiger partial charge >= 0.3 is 0 Å².